The van der Waals surface area contributed by atoms with Crippen LogP contribution in [0.25, 0.3) is 6.08 Å². The molecular weight excluding hydrogens is 328 g/mol. The molecule has 2 aromatic rings. The van der Waals surface area contributed by atoms with E-state index in [1.165, 1.54) is 16.3 Å². The maximum absolute atomic E-state index is 12.4. The predicted octanol–water partition coefficient (Wildman–Crippen LogP) is 1.41. The van der Waals surface area contributed by atoms with Crippen molar-refractivity contribution in [1.82, 2.24) is 19.6 Å². The molecule has 1 saturated heterocycles. The van der Waals surface area contributed by atoms with Crippen LogP contribution >= 0.6 is 0 Å². The lowest BCUT2D eigenvalue weighted by Gasteiger charge is -2.34. The van der Waals surface area contributed by atoms with Crippen molar-refractivity contribution >= 4 is 12.0 Å². The number of carbonyl (C=O) groups is 1. The average Bonchev–Trinajstić information content (AvgIpc) is 2.66. The molecule has 1 fully saturated rings. The van der Waals surface area contributed by atoms with Gasteiger partial charge in [0.15, 0.2) is 0 Å². The van der Waals surface area contributed by atoms with Crippen molar-refractivity contribution in [2.75, 3.05) is 32.7 Å². The number of hydrogen-bond acceptors (Lipinski definition) is 4. The summed E-state index contributed by atoms with van der Waals surface area (Å²) in [5.41, 5.74) is 1.68. The Labute approximate surface area is 153 Å². The molecule has 0 N–H and O–H groups in total. The highest BCUT2D eigenvalue weighted by atomic mass is 16.2. The molecule has 1 amide bonds. The Bertz CT molecular complexity index is 821. The molecule has 0 atom stereocenters. The molecule has 0 saturated carbocycles. The van der Waals surface area contributed by atoms with E-state index in [0.717, 1.165) is 25.3 Å². The van der Waals surface area contributed by atoms with Crippen LogP contribution in [-0.4, -0.2) is 58.2 Å². The lowest BCUT2D eigenvalue weighted by atomic mass is 10.2. The second-order valence-electron chi connectivity index (χ2n) is 6.47. The number of hydrogen-bond donors (Lipinski definition) is 0. The molecule has 6 nitrogen and oxygen atoms in total. The van der Waals surface area contributed by atoms with Gasteiger partial charge in [-0.3, -0.25) is 14.5 Å². The molecule has 0 aliphatic carbocycles. The molecule has 3 rings (SSSR count). The summed E-state index contributed by atoms with van der Waals surface area (Å²) in [5.74, 6) is -0.0512. The first kappa shape index (κ1) is 18.1. The zero-order valence-corrected chi connectivity index (χ0v) is 15.0. The van der Waals surface area contributed by atoms with Crippen LogP contribution in [0.15, 0.2) is 53.3 Å². The number of aryl methyl sites for hydroxylation is 1. The van der Waals surface area contributed by atoms with Crippen LogP contribution in [0.4, 0.5) is 0 Å². The summed E-state index contributed by atoms with van der Waals surface area (Å²) >= 11 is 0. The molecule has 1 aliphatic rings. The van der Waals surface area contributed by atoms with Crippen LogP contribution in [0.5, 0.6) is 0 Å². The largest absolute Gasteiger partial charge is 0.339 e. The fourth-order valence-corrected chi connectivity index (χ4v) is 2.97. The van der Waals surface area contributed by atoms with Gasteiger partial charge in [-0.15, -0.1) is 0 Å². The Kier molecular flexibility index (Phi) is 5.96. The van der Waals surface area contributed by atoms with Crippen LogP contribution in [0.1, 0.15) is 11.3 Å². The van der Waals surface area contributed by atoms with Crippen LogP contribution < -0.4 is 5.56 Å². The van der Waals surface area contributed by atoms with Crippen molar-refractivity contribution in [3.63, 3.8) is 0 Å². The van der Waals surface area contributed by atoms with Gasteiger partial charge in [0.2, 0.25) is 5.91 Å². The van der Waals surface area contributed by atoms with E-state index in [0.29, 0.717) is 13.1 Å². The molecule has 2 heterocycles. The van der Waals surface area contributed by atoms with Gasteiger partial charge in [-0.25, -0.2) is 4.68 Å². The number of nitrogens with zero attached hydrogens (tertiary/aromatic N) is 4. The summed E-state index contributed by atoms with van der Waals surface area (Å²) in [4.78, 5) is 28.4. The minimum absolute atomic E-state index is 0.00836. The molecule has 1 aromatic carbocycles. The third-order valence-electron chi connectivity index (χ3n) is 4.48. The highest BCUT2D eigenvalue weighted by molar-refractivity contribution is 5.76. The van der Waals surface area contributed by atoms with E-state index in [-0.39, 0.29) is 18.0 Å². The van der Waals surface area contributed by atoms with Gasteiger partial charge >= 0.3 is 0 Å². The summed E-state index contributed by atoms with van der Waals surface area (Å²) in [5, 5.41) is 4.13. The number of aromatic nitrogens is 2. The van der Waals surface area contributed by atoms with Gasteiger partial charge in [0.25, 0.3) is 5.56 Å². The van der Waals surface area contributed by atoms with E-state index >= 15 is 0 Å². The Morgan fingerprint density at radius 1 is 1.08 bits per heavy atom. The van der Waals surface area contributed by atoms with E-state index in [4.69, 9.17) is 0 Å². The van der Waals surface area contributed by atoms with Crippen LogP contribution in [0.2, 0.25) is 0 Å². The van der Waals surface area contributed by atoms with Crippen molar-refractivity contribution in [2.24, 2.45) is 0 Å². The van der Waals surface area contributed by atoms with Crippen LogP contribution in [0, 0.1) is 6.92 Å². The topological polar surface area (TPSA) is 58.4 Å². The minimum atomic E-state index is -0.242. The fraction of sp³-hybridized carbons (Fsp3) is 0.350. The Morgan fingerprint density at radius 3 is 2.54 bits per heavy atom. The van der Waals surface area contributed by atoms with Crippen molar-refractivity contribution in [1.29, 1.82) is 0 Å². The highest BCUT2D eigenvalue weighted by Crippen LogP contribution is 2.05. The molecular formula is C20H24N4O2. The molecule has 1 aromatic heterocycles. The van der Waals surface area contributed by atoms with Crippen molar-refractivity contribution < 1.29 is 4.79 Å². The van der Waals surface area contributed by atoms with E-state index in [1.807, 2.05) is 30.0 Å². The SMILES string of the molecule is Cc1ccc(=O)n(CC(=O)N2CCN(CC=Cc3ccccc3)CC2)n1. The van der Waals surface area contributed by atoms with E-state index in [2.05, 4.69) is 34.3 Å². The maximum atomic E-state index is 12.4. The van der Waals surface area contributed by atoms with Crippen LogP contribution in [-0.2, 0) is 11.3 Å². The van der Waals surface area contributed by atoms with Gasteiger partial charge in [0.1, 0.15) is 6.54 Å². The third kappa shape index (κ3) is 4.89. The van der Waals surface area contributed by atoms with Crippen molar-refractivity contribution in [3.05, 3.63) is 70.2 Å². The molecule has 26 heavy (non-hydrogen) atoms. The van der Waals surface area contributed by atoms with Gasteiger partial charge in [-0.05, 0) is 18.6 Å². The molecule has 6 heteroatoms. The molecule has 1 aliphatic heterocycles. The van der Waals surface area contributed by atoms with Crippen molar-refractivity contribution in [3.8, 4) is 0 Å². The van der Waals surface area contributed by atoms with Gasteiger partial charge in [0.05, 0.1) is 5.69 Å². The normalized spacial score (nSPS) is 15.5. The molecule has 0 bridgehead atoms. The average molecular weight is 352 g/mol. The zero-order chi connectivity index (χ0) is 18.4. The summed E-state index contributed by atoms with van der Waals surface area (Å²) in [6, 6.07) is 13.3. The summed E-state index contributed by atoms with van der Waals surface area (Å²) < 4.78 is 1.24. The third-order valence-corrected chi connectivity index (χ3v) is 4.48. The summed E-state index contributed by atoms with van der Waals surface area (Å²) in [6.45, 7) is 5.71. The van der Waals surface area contributed by atoms with E-state index in [9.17, 15) is 9.59 Å². The van der Waals surface area contributed by atoms with Gasteiger partial charge in [0, 0.05) is 38.8 Å². The standard InChI is InChI=1S/C20H24N4O2/c1-17-9-10-19(25)24(21-17)16-20(26)23-14-12-22(13-15-23)11-5-8-18-6-3-2-4-7-18/h2-10H,11-16H2,1H3. The number of benzene rings is 1. The lowest BCUT2D eigenvalue weighted by molar-refractivity contribution is -0.133. The predicted molar refractivity (Wildman–Crippen MR) is 102 cm³/mol. The first-order valence-corrected chi connectivity index (χ1v) is 8.88. The summed E-state index contributed by atoms with van der Waals surface area (Å²) in [6.07, 6.45) is 4.27. The second-order valence-corrected chi connectivity index (χ2v) is 6.47. The molecule has 0 unspecified atom stereocenters. The van der Waals surface area contributed by atoms with Gasteiger partial charge < -0.3 is 4.90 Å². The second kappa shape index (κ2) is 8.58. The van der Waals surface area contributed by atoms with Gasteiger partial charge in [-0.1, -0.05) is 42.5 Å². The molecule has 0 radical (unpaired) electrons. The van der Waals surface area contributed by atoms with Crippen LogP contribution in [0.3, 0.4) is 0 Å². The molecule has 136 valence electrons. The Morgan fingerprint density at radius 2 is 1.81 bits per heavy atom. The minimum Gasteiger partial charge on any atom is -0.339 e. The first-order chi connectivity index (χ1) is 12.6. The molecule has 0 spiro atoms. The summed E-state index contributed by atoms with van der Waals surface area (Å²) in [7, 11) is 0. The fourth-order valence-electron chi connectivity index (χ4n) is 2.97. The zero-order valence-electron chi connectivity index (χ0n) is 15.0. The number of rotatable bonds is 5. The number of carbonyl (C=O) groups excluding carboxylic acids is 1. The Hall–Kier alpha value is -2.73. The number of piperazine rings is 1. The maximum Gasteiger partial charge on any atom is 0.267 e. The van der Waals surface area contributed by atoms with Crippen molar-refractivity contribution in [2.45, 2.75) is 13.5 Å². The monoisotopic (exact) mass is 352 g/mol. The lowest BCUT2D eigenvalue weighted by Crippen LogP contribution is -2.50. The van der Waals surface area contributed by atoms with E-state index < -0.39 is 0 Å². The highest BCUT2D eigenvalue weighted by Gasteiger charge is 2.21. The smallest absolute Gasteiger partial charge is 0.267 e. The van der Waals surface area contributed by atoms with Gasteiger partial charge in [-0.2, -0.15) is 5.10 Å². The quantitative estimate of drug-likeness (QED) is 0.816. The Balaban J connectivity index is 1.47. The van der Waals surface area contributed by atoms with E-state index in [1.54, 1.807) is 6.07 Å². The number of amides is 1. The first-order valence-electron chi connectivity index (χ1n) is 8.88.